The number of imidazole rings is 1. The standard InChI is InChI=1S/C6H10N3/c1-9(2)5-6-7-3-4-8-6/h3-4H,5H2,1-2H3/q-1. The Morgan fingerprint density at radius 1 is 1.67 bits per heavy atom. The molecule has 3 heteroatoms. The van der Waals surface area contributed by atoms with E-state index in [4.69, 9.17) is 0 Å². The third-order valence-electron chi connectivity index (χ3n) is 0.971. The molecule has 0 amide bonds. The van der Waals surface area contributed by atoms with Crippen LogP contribution in [0.4, 0.5) is 0 Å². The first-order chi connectivity index (χ1) is 4.29. The molecule has 0 aliphatic heterocycles. The topological polar surface area (TPSA) is 30.2 Å². The van der Waals surface area contributed by atoms with E-state index >= 15 is 0 Å². The van der Waals surface area contributed by atoms with Gasteiger partial charge in [-0.05, 0) is 14.1 Å². The van der Waals surface area contributed by atoms with Crippen molar-refractivity contribution in [3.05, 3.63) is 18.2 Å². The highest BCUT2D eigenvalue weighted by molar-refractivity contribution is 4.84. The average Bonchev–Trinajstić information content (AvgIpc) is 2.15. The molecule has 3 nitrogen and oxygen atoms in total. The Hall–Kier alpha value is -0.830. The van der Waals surface area contributed by atoms with Crippen molar-refractivity contribution in [2.24, 2.45) is 0 Å². The van der Waals surface area contributed by atoms with Gasteiger partial charge in [0.15, 0.2) is 0 Å². The third kappa shape index (κ3) is 1.85. The molecule has 0 unspecified atom stereocenters. The molecule has 1 rings (SSSR count). The lowest BCUT2D eigenvalue weighted by atomic mass is 10.6. The molecule has 0 N–H and O–H groups in total. The van der Waals surface area contributed by atoms with Crippen molar-refractivity contribution in [2.45, 2.75) is 6.54 Å². The molecule has 50 valence electrons. The van der Waals surface area contributed by atoms with E-state index < -0.39 is 0 Å². The first kappa shape index (κ1) is 6.29. The lowest BCUT2D eigenvalue weighted by Crippen LogP contribution is -2.12. The molecule has 1 aromatic heterocycles. The molecule has 0 radical (unpaired) electrons. The Bertz CT molecular complexity index is 155. The van der Waals surface area contributed by atoms with Crippen LogP contribution in [0.2, 0.25) is 0 Å². The van der Waals surface area contributed by atoms with Crippen molar-refractivity contribution in [3.8, 4) is 0 Å². The van der Waals surface area contributed by atoms with Crippen LogP contribution in [0.5, 0.6) is 0 Å². The van der Waals surface area contributed by atoms with Gasteiger partial charge >= 0.3 is 0 Å². The second-order valence-corrected chi connectivity index (χ2v) is 2.21. The van der Waals surface area contributed by atoms with Gasteiger partial charge in [-0.25, -0.2) is 0 Å². The highest BCUT2D eigenvalue weighted by atomic mass is 15.1. The van der Waals surface area contributed by atoms with Crippen LogP contribution in [0.1, 0.15) is 5.82 Å². The van der Waals surface area contributed by atoms with Gasteiger partial charge < -0.3 is 14.9 Å². The van der Waals surface area contributed by atoms with Crippen LogP contribution in [0.3, 0.4) is 0 Å². The van der Waals surface area contributed by atoms with Crippen LogP contribution < -0.4 is 4.98 Å². The Morgan fingerprint density at radius 2 is 2.44 bits per heavy atom. The highest BCUT2D eigenvalue weighted by Gasteiger charge is 1.85. The summed E-state index contributed by atoms with van der Waals surface area (Å²) in [6, 6.07) is 0. The maximum atomic E-state index is 4.00. The second-order valence-electron chi connectivity index (χ2n) is 2.21. The fraction of sp³-hybridized carbons (Fsp3) is 0.500. The van der Waals surface area contributed by atoms with Crippen molar-refractivity contribution in [3.63, 3.8) is 0 Å². The number of rotatable bonds is 2. The Labute approximate surface area is 54.7 Å². The van der Waals surface area contributed by atoms with E-state index in [9.17, 15) is 0 Å². The lowest BCUT2D eigenvalue weighted by molar-refractivity contribution is 0.391. The lowest BCUT2D eigenvalue weighted by Gasteiger charge is -2.10. The largest absolute Gasteiger partial charge is 0.445 e. The molecule has 1 heterocycles. The summed E-state index contributed by atoms with van der Waals surface area (Å²) in [6.45, 7) is 0.826. The molecule has 0 fully saturated rings. The molecule has 0 saturated carbocycles. The smallest absolute Gasteiger partial charge is 0.0150 e. The predicted molar refractivity (Wildman–Crippen MR) is 34.9 cm³/mol. The van der Waals surface area contributed by atoms with E-state index in [1.165, 1.54) is 0 Å². The molecule has 0 aliphatic rings. The molecule has 0 aromatic carbocycles. The van der Waals surface area contributed by atoms with Crippen LogP contribution in [-0.4, -0.2) is 24.0 Å². The van der Waals surface area contributed by atoms with E-state index in [2.05, 4.69) is 9.97 Å². The maximum Gasteiger partial charge on any atom is 0.0150 e. The fourth-order valence-corrected chi connectivity index (χ4v) is 0.637. The summed E-state index contributed by atoms with van der Waals surface area (Å²) in [5.41, 5.74) is 0. The molecular weight excluding hydrogens is 114 g/mol. The normalized spacial score (nSPS) is 10.6. The minimum Gasteiger partial charge on any atom is -0.445 e. The van der Waals surface area contributed by atoms with Gasteiger partial charge in [0.25, 0.3) is 0 Å². The number of hydrogen-bond donors (Lipinski definition) is 0. The maximum absolute atomic E-state index is 4.00. The SMILES string of the molecule is CN(C)Cc1ncc[n-]1. The van der Waals surface area contributed by atoms with Crippen LogP contribution in [0.15, 0.2) is 12.4 Å². The Balaban J connectivity index is 2.48. The monoisotopic (exact) mass is 124 g/mol. The van der Waals surface area contributed by atoms with Gasteiger partial charge in [-0.2, -0.15) is 0 Å². The second kappa shape index (κ2) is 2.64. The van der Waals surface area contributed by atoms with E-state index in [1.807, 2.05) is 19.0 Å². The van der Waals surface area contributed by atoms with Crippen LogP contribution in [0.25, 0.3) is 0 Å². The van der Waals surface area contributed by atoms with Crippen LogP contribution >= 0.6 is 0 Å². The zero-order chi connectivity index (χ0) is 6.69. The molecular formula is C6H10N3-. The summed E-state index contributed by atoms with van der Waals surface area (Å²) in [6.07, 6.45) is 3.41. The summed E-state index contributed by atoms with van der Waals surface area (Å²) in [4.78, 5) is 10.0. The van der Waals surface area contributed by atoms with E-state index in [0.29, 0.717) is 0 Å². The number of aromatic nitrogens is 2. The average molecular weight is 124 g/mol. The van der Waals surface area contributed by atoms with Crippen molar-refractivity contribution in [2.75, 3.05) is 14.1 Å². The molecule has 0 bridgehead atoms. The van der Waals surface area contributed by atoms with Gasteiger partial charge in [-0.1, -0.05) is 18.2 Å². The summed E-state index contributed by atoms with van der Waals surface area (Å²) in [7, 11) is 3.99. The van der Waals surface area contributed by atoms with Gasteiger partial charge in [-0.15, -0.1) is 0 Å². The Morgan fingerprint density at radius 3 is 2.89 bits per heavy atom. The quantitative estimate of drug-likeness (QED) is 0.560. The molecule has 0 atom stereocenters. The molecule has 0 saturated heterocycles. The van der Waals surface area contributed by atoms with E-state index in [-0.39, 0.29) is 0 Å². The van der Waals surface area contributed by atoms with Crippen molar-refractivity contribution in [1.82, 2.24) is 14.9 Å². The van der Waals surface area contributed by atoms with Crippen LogP contribution in [0, 0.1) is 0 Å². The molecule has 0 spiro atoms. The van der Waals surface area contributed by atoms with Gasteiger partial charge in [0, 0.05) is 6.54 Å². The zero-order valence-electron chi connectivity index (χ0n) is 5.70. The highest BCUT2D eigenvalue weighted by Crippen LogP contribution is 1.89. The molecule has 1 aromatic rings. The minimum atomic E-state index is 0.826. The number of hydrogen-bond acceptors (Lipinski definition) is 2. The first-order valence-electron chi connectivity index (χ1n) is 2.86. The van der Waals surface area contributed by atoms with E-state index in [1.54, 1.807) is 12.4 Å². The van der Waals surface area contributed by atoms with Gasteiger partial charge in [0.05, 0.1) is 0 Å². The third-order valence-corrected chi connectivity index (χ3v) is 0.971. The Kier molecular flexibility index (Phi) is 1.85. The predicted octanol–water partition coefficient (Wildman–Crippen LogP) is 0.100. The van der Waals surface area contributed by atoms with Gasteiger partial charge in [-0.3, -0.25) is 0 Å². The summed E-state index contributed by atoms with van der Waals surface area (Å²) in [5.74, 6) is 0.889. The fourth-order valence-electron chi connectivity index (χ4n) is 0.637. The molecule has 0 aliphatic carbocycles. The van der Waals surface area contributed by atoms with Crippen molar-refractivity contribution in [1.29, 1.82) is 0 Å². The summed E-state index contributed by atoms with van der Waals surface area (Å²) >= 11 is 0. The number of nitrogens with zero attached hydrogens (tertiary/aromatic N) is 3. The minimum absolute atomic E-state index is 0.826. The summed E-state index contributed by atoms with van der Waals surface area (Å²) in [5, 5.41) is 0. The van der Waals surface area contributed by atoms with Crippen LogP contribution in [-0.2, 0) is 6.54 Å². The summed E-state index contributed by atoms with van der Waals surface area (Å²) < 4.78 is 0. The van der Waals surface area contributed by atoms with Crippen molar-refractivity contribution >= 4 is 0 Å². The first-order valence-corrected chi connectivity index (χ1v) is 2.86. The molecule has 9 heavy (non-hydrogen) atoms. The zero-order valence-corrected chi connectivity index (χ0v) is 5.70. The van der Waals surface area contributed by atoms with Crippen molar-refractivity contribution < 1.29 is 0 Å². The van der Waals surface area contributed by atoms with E-state index in [0.717, 1.165) is 12.4 Å². The van der Waals surface area contributed by atoms with Gasteiger partial charge in [0.2, 0.25) is 0 Å². The van der Waals surface area contributed by atoms with Gasteiger partial charge in [0.1, 0.15) is 0 Å².